The van der Waals surface area contributed by atoms with E-state index in [1.165, 1.54) is 19.1 Å². The quantitative estimate of drug-likeness (QED) is 0.877. The molecule has 0 saturated heterocycles. The third-order valence-electron chi connectivity index (χ3n) is 3.32. The van der Waals surface area contributed by atoms with E-state index in [9.17, 15) is 13.6 Å². The molecule has 2 nitrogen and oxygen atoms in total. The Kier molecular flexibility index (Phi) is 3.13. The molecule has 0 amide bonds. The molecule has 2 rings (SSSR count). The van der Waals surface area contributed by atoms with Crippen LogP contribution in [0, 0.1) is 24.5 Å². The van der Waals surface area contributed by atoms with Gasteiger partial charge in [-0.25, -0.2) is 8.78 Å². The minimum atomic E-state index is -0.928. The molecule has 1 fully saturated rings. The molecule has 0 aliphatic heterocycles. The van der Waals surface area contributed by atoms with Crippen molar-refractivity contribution in [2.45, 2.75) is 32.1 Å². The van der Waals surface area contributed by atoms with Gasteiger partial charge in [0.05, 0.1) is 6.42 Å². The van der Waals surface area contributed by atoms with Crippen LogP contribution < -0.4 is 0 Å². The van der Waals surface area contributed by atoms with E-state index in [-0.39, 0.29) is 23.8 Å². The predicted octanol–water partition coefficient (Wildman–Crippen LogP) is 3.24. The molecule has 0 radical (unpaired) electrons. The van der Waals surface area contributed by atoms with Crippen molar-refractivity contribution in [1.82, 2.24) is 0 Å². The number of hydrogen-bond acceptors (Lipinski definition) is 1. The number of halogens is 2. The Morgan fingerprint density at radius 3 is 2.35 bits per heavy atom. The Bertz CT molecular complexity index is 430. The van der Waals surface area contributed by atoms with Gasteiger partial charge in [-0.3, -0.25) is 4.79 Å². The molecule has 1 saturated carbocycles. The number of benzene rings is 1. The van der Waals surface area contributed by atoms with E-state index in [1.54, 1.807) is 0 Å². The van der Waals surface area contributed by atoms with Gasteiger partial charge < -0.3 is 5.11 Å². The maximum atomic E-state index is 13.4. The third-order valence-corrected chi connectivity index (χ3v) is 3.32. The molecule has 1 aromatic carbocycles. The highest BCUT2D eigenvalue weighted by Gasteiger charge is 2.34. The summed E-state index contributed by atoms with van der Waals surface area (Å²) in [5.41, 5.74) is 0.453. The lowest BCUT2D eigenvalue weighted by Gasteiger charge is -2.15. The van der Waals surface area contributed by atoms with E-state index in [0.717, 1.165) is 12.8 Å². The van der Waals surface area contributed by atoms with E-state index in [0.29, 0.717) is 5.56 Å². The van der Waals surface area contributed by atoms with Gasteiger partial charge in [-0.2, -0.15) is 0 Å². The summed E-state index contributed by atoms with van der Waals surface area (Å²) in [5, 5.41) is 8.83. The molecule has 1 aliphatic carbocycles. The monoisotopic (exact) mass is 240 g/mol. The van der Waals surface area contributed by atoms with Gasteiger partial charge in [0.25, 0.3) is 0 Å². The van der Waals surface area contributed by atoms with Crippen LogP contribution in [0.1, 0.15) is 36.3 Å². The van der Waals surface area contributed by atoms with Crippen molar-refractivity contribution in [3.05, 3.63) is 34.9 Å². The first-order valence-electron chi connectivity index (χ1n) is 5.66. The van der Waals surface area contributed by atoms with Crippen LogP contribution in [-0.4, -0.2) is 11.1 Å². The maximum absolute atomic E-state index is 13.4. The average Bonchev–Trinajstić information content (AvgIpc) is 3.05. The second-order valence-corrected chi connectivity index (χ2v) is 4.65. The largest absolute Gasteiger partial charge is 0.481 e. The minimum Gasteiger partial charge on any atom is -0.481 e. The second kappa shape index (κ2) is 4.43. The number of carbonyl (C=O) groups is 1. The molecule has 1 aliphatic rings. The Morgan fingerprint density at radius 1 is 1.41 bits per heavy atom. The number of aliphatic carboxylic acids is 1. The lowest BCUT2D eigenvalue weighted by molar-refractivity contribution is -0.137. The van der Waals surface area contributed by atoms with E-state index < -0.39 is 17.6 Å². The summed E-state index contributed by atoms with van der Waals surface area (Å²) in [7, 11) is 0. The van der Waals surface area contributed by atoms with Crippen LogP contribution >= 0.6 is 0 Å². The van der Waals surface area contributed by atoms with Gasteiger partial charge in [0.2, 0.25) is 0 Å². The molecule has 17 heavy (non-hydrogen) atoms. The zero-order chi connectivity index (χ0) is 12.6. The molecule has 0 heterocycles. The van der Waals surface area contributed by atoms with Crippen LogP contribution in [0.15, 0.2) is 12.1 Å². The number of carboxylic acid groups (broad SMARTS) is 1. The van der Waals surface area contributed by atoms with Crippen molar-refractivity contribution in [2.24, 2.45) is 5.92 Å². The van der Waals surface area contributed by atoms with Crippen molar-refractivity contribution in [2.75, 3.05) is 0 Å². The first-order valence-corrected chi connectivity index (χ1v) is 5.66. The molecule has 92 valence electrons. The van der Waals surface area contributed by atoms with Crippen LogP contribution in [0.2, 0.25) is 0 Å². The first-order chi connectivity index (χ1) is 7.99. The van der Waals surface area contributed by atoms with Crippen LogP contribution in [0.25, 0.3) is 0 Å². The van der Waals surface area contributed by atoms with Crippen LogP contribution in [-0.2, 0) is 4.79 Å². The lowest BCUT2D eigenvalue weighted by atomic mass is 9.90. The zero-order valence-corrected chi connectivity index (χ0v) is 9.54. The molecular weight excluding hydrogens is 226 g/mol. The topological polar surface area (TPSA) is 37.3 Å². The predicted molar refractivity (Wildman–Crippen MR) is 58.8 cm³/mol. The fraction of sp³-hybridized carbons (Fsp3) is 0.462. The smallest absolute Gasteiger partial charge is 0.303 e. The van der Waals surface area contributed by atoms with Crippen LogP contribution in [0.4, 0.5) is 8.78 Å². The summed E-state index contributed by atoms with van der Waals surface area (Å²) in [5.74, 6) is -2.14. The van der Waals surface area contributed by atoms with Crippen molar-refractivity contribution in [3.8, 4) is 0 Å². The van der Waals surface area contributed by atoms with E-state index in [4.69, 9.17) is 5.11 Å². The maximum Gasteiger partial charge on any atom is 0.303 e. The van der Waals surface area contributed by atoms with E-state index in [2.05, 4.69) is 0 Å². The van der Waals surface area contributed by atoms with E-state index in [1.807, 2.05) is 0 Å². The summed E-state index contributed by atoms with van der Waals surface area (Å²) < 4.78 is 26.9. The Morgan fingerprint density at radius 2 is 1.94 bits per heavy atom. The standard InChI is InChI=1S/C13H14F2O2/c1-7-11(14)4-9(5-12(7)15)10(6-13(16)17)8-2-3-8/h4-5,8,10H,2-3,6H2,1H3,(H,16,17). The molecule has 0 spiro atoms. The highest BCUT2D eigenvalue weighted by atomic mass is 19.1. The molecule has 1 N–H and O–H groups in total. The second-order valence-electron chi connectivity index (χ2n) is 4.65. The van der Waals surface area contributed by atoms with Crippen molar-refractivity contribution in [3.63, 3.8) is 0 Å². The summed E-state index contributed by atoms with van der Waals surface area (Å²) >= 11 is 0. The highest BCUT2D eigenvalue weighted by Crippen LogP contribution is 2.44. The van der Waals surface area contributed by atoms with Crippen molar-refractivity contribution >= 4 is 5.97 Å². The summed E-state index contributed by atoms with van der Waals surface area (Å²) in [6.07, 6.45) is 1.82. The minimum absolute atomic E-state index is 0.0152. The molecule has 4 heteroatoms. The van der Waals surface area contributed by atoms with Gasteiger partial charge in [0.15, 0.2) is 0 Å². The number of rotatable bonds is 4. The first kappa shape index (κ1) is 12.0. The Labute approximate surface area is 98.3 Å². The molecule has 1 aromatic rings. The Balaban J connectivity index is 2.32. The van der Waals surface area contributed by atoms with Crippen molar-refractivity contribution in [1.29, 1.82) is 0 Å². The van der Waals surface area contributed by atoms with E-state index >= 15 is 0 Å². The molecule has 1 atom stereocenters. The van der Waals surface area contributed by atoms with Gasteiger partial charge in [-0.05, 0) is 49.3 Å². The summed E-state index contributed by atoms with van der Waals surface area (Å²) in [6.45, 7) is 1.37. The average molecular weight is 240 g/mol. The van der Waals surface area contributed by atoms with Gasteiger partial charge >= 0.3 is 5.97 Å². The fourth-order valence-corrected chi connectivity index (χ4v) is 2.12. The zero-order valence-electron chi connectivity index (χ0n) is 9.54. The summed E-state index contributed by atoms with van der Waals surface area (Å²) in [6, 6.07) is 2.54. The van der Waals surface area contributed by atoms with Crippen LogP contribution in [0.3, 0.4) is 0 Å². The lowest BCUT2D eigenvalue weighted by Crippen LogP contribution is -2.09. The SMILES string of the molecule is Cc1c(F)cc(C(CC(=O)O)C2CC2)cc1F. The third kappa shape index (κ3) is 2.62. The van der Waals surface area contributed by atoms with Gasteiger partial charge in [0.1, 0.15) is 11.6 Å². The normalized spacial score (nSPS) is 16.9. The Hall–Kier alpha value is -1.45. The fourth-order valence-electron chi connectivity index (χ4n) is 2.12. The number of carboxylic acids is 1. The van der Waals surface area contributed by atoms with Crippen molar-refractivity contribution < 1.29 is 18.7 Å². The van der Waals surface area contributed by atoms with Gasteiger partial charge in [-0.1, -0.05) is 0 Å². The van der Waals surface area contributed by atoms with Gasteiger partial charge in [-0.15, -0.1) is 0 Å². The molecule has 0 aromatic heterocycles. The molecular formula is C13H14F2O2. The number of hydrogen-bond donors (Lipinski definition) is 1. The highest BCUT2D eigenvalue weighted by molar-refractivity contribution is 5.68. The molecule has 1 unspecified atom stereocenters. The van der Waals surface area contributed by atoms with Crippen LogP contribution in [0.5, 0.6) is 0 Å². The van der Waals surface area contributed by atoms with Gasteiger partial charge in [0, 0.05) is 5.56 Å². The summed E-state index contributed by atoms with van der Waals surface area (Å²) in [4.78, 5) is 10.8. The molecule has 0 bridgehead atoms.